The summed E-state index contributed by atoms with van der Waals surface area (Å²) in [6, 6.07) is 2.12. The van der Waals surface area contributed by atoms with Crippen LogP contribution in [-0.2, 0) is 17.1 Å². The first-order valence-corrected chi connectivity index (χ1v) is 7.65. The summed E-state index contributed by atoms with van der Waals surface area (Å²) >= 11 is 3.09. The third-order valence-electron chi connectivity index (χ3n) is 2.89. The zero-order chi connectivity index (χ0) is 13.3. The van der Waals surface area contributed by atoms with Gasteiger partial charge in [0.25, 0.3) is 10.0 Å². The fourth-order valence-electron chi connectivity index (χ4n) is 1.99. The average molecular weight is 334 g/mol. The summed E-state index contributed by atoms with van der Waals surface area (Å²) in [4.78, 5) is 0. The molecule has 2 rings (SSSR count). The molecule has 1 unspecified atom stereocenters. The van der Waals surface area contributed by atoms with Crippen molar-refractivity contribution in [3.05, 3.63) is 4.60 Å². The minimum Gasteiger partial charge on any atom is -0.235 e. The van der Waals surface area contributed by atoms with Gasteiger partial charge in [-0.2, -0.15) is 9.57 Å². The lowest BCUT2D eigenvalue weighted by molar-refractivity contribution is 0.303. The quantitative estimate of drug-likeness (QED) is 0.785. The topological polar surface area (TPSA) is 91.9 Å². The van der Waals surface area contributed by atoms with Crippen LogP contribution in [0.2, 0.25) is 0 Å². The monoisotopic (exact) mass is 333 g/mol. The molecule has 0 bridgehead atoms. The lowest BCUT2D eigenvalue weighted by Crippen LogP contribution is -2.40. The van der Waals surface area contributed by atoms with E-state index in [1.54, 1.807) is 0 Å². The van der Waals surface area contributed by atoms with Crippen molar-refractivity contribution in [2.75, 3.05) is 13.1 Å². The second kappa shape index (κ2) is 4.95. The van der Waals surface area contributed by atoms with E-state index in [4.69, 9.17) is 5.26 Å². The molecule has 2 heterocycles. The Labute approximate surface area is 114 Å². The van der Waals surface area contributed by atoms with Gasteiger partial charge in [0.15, 0.2) is 4.60 Å². The molecule has 1 saturated heterocycles. The van der Waals surface area contributed by atoms with Crippen LogP contribution in [-0.4, -0.2) is 40.8 Å². The predicted octanol–water partition coefficient (Wildman–Crippen LogP) is 0.502. The third kappa shape index (κ3) is 2.28. The minimum atomic E-state index is -3.65. The first kappa shape index (κ1) is 13.5. The van der Waals surface area contributed by atoms with Crippen LogP contribution >= 0.6 is 15.9 Å². The van der Waals surface area contributed by atoms with Crippen molar-refractivity contribution >= 4 is 26.0 Å². The van der Waals surface area contributed by atoms with Crippen molar-refractivity contribution in [2.45, 2.75) is 17.9 Å². The summed E-state index contributed by atoms with van der Waals surface area (Å²) in [6.07, 6.45) is 1.44. The summed E-state index contributed by atoms with van der Waals surface area (Å²) in [5.41, 5.74) is 0. The van der Waals surface area contributed by atoms with Gasteiger partial charge in [-0.05, 0) is 28.8 Å². The second-order valence-electron chi connectivity index (χ2n) is 4.14. The van der Waals surface area contributed by atoms with E-state index in [2.05, 4.69) is 32.3 Å². The van der Waals surface area contributed by atoms with E-state index >= 15 is 0 Å². The molecule has 98 valence electrons. The lowest BCUT2D eigenvalue weighted by Gasteiger charge is -2.28. The molecular formula is C9H12BrN5O2S. The van der Waals surface area contributed by atoms with Gasteiger partial charge in [-0.15, -0.1) is 5.10 Å². The average Bonchev–Trinajstić information content (AvgIpc) is 2.69. The van der Waals surface area contributed by atoms with E-state index in [0.29, 0.717) is 13.0 Å². The molecule has 1 atom stereocenters. The first-order chi connectivity index (χ1) is 8.46. The van der Waals surface area contributed by atoms with Crippen molar-refractivity contribution < 1.29 is 8.42 Å². The van der Waals surface area contributed by atoms with Gasteiger partial charge in [0.1, 0.15) is 0 Å². The van der Waals surface area contributed by atoms with Gasteiger partial charge in [0, 0.05) is 20.1 Å². The van der Waals surface area contributed by atoms with Gasteiger partial charge in [-0.25, -0.2) is 13.1 Å². The summed E-state index contributed by atoms with van der Waals surface area (Å²) in [5.74, 6) is -0.242. The smallest absolute Gasteiger partial charge is 0.235 e. The number of nitrogens with zero attached hydrogens (tertiary/aromatic N) is 5. The van der Waals surface area contributed by atoms with E-state index in [1.165, 1.54) is 16.0 Å². The molecule has 0 saturated carbocycles. The number of rotatable bonds is 2. The van der Waals surface area contributed by atoms with Gasteiger partial charge in [0.05, 0.1) is 12.0 Å². The fourth-order valence-corrected chi connectivity index (χ4v) is 4.54. The third-order valence-corrected chi connectivity index (χ3v) is 5.64. The Morgan fingerprint density at radius 2 is 2.28 bits per heavy atom. The van der Waals surface area contributed by atoms with Crippen molar-refractivity contribution in [3.63, 3.8) is 0 Å². The molecule has 0 spiro atoms. The van der Waals surface area contributed by atoms with Gasteiger partial charge in [-0.1, -0.05) is 5.21 Å². The molecule has 0 N–H and O–H groups in total. The largest absolute Gasteiger partial charge is 0.263 e. The highest BCUT2D eigenvalue weighted by atomic mass is 79.9. The van der Waals surface area contributed by atoms with E-state index in [-0.39, 0.29) is 22.1 Å². The molecule has 0 aromatic carbocycles. The molecule has 0 aliphatic carbocycles. The molecule has 0 radical (unpaired) electrons. The van der Waals surface area contributed by atoms with Crippen molar-refractivity contribution in [1.29, 1.82) is 5.26 Å². The highest BCUT2D eigenvalue weighted by Gasteiger charge is 2.34. The number of aromatic nitrogens is 3. The molecule has 1 aliphatic heterocycles. The second-order valence-corrected chi connectivity index (χ2v) is 6.74. The molecule has 7 nitrogen and oxygen atoms in total. The summed E-state index contributed by atoms with van der Waals surface area (Å²) in [7, 11) is -2.13. The van der Waals surface area contributed by atoms with Crippen LogP contribution in [0.4, 0.5) is 0 Å². The number of sulfonamides is 1. The Balaban J connectivity index is 2.35. The van der Waals surface area contributed by atoms with Crippen LogP contribution in [0.3, 0.4) is 0 Å². The maximum Gasteiger partial charge on any atom is 0.263 e. The van der Waals surface area contributed by atoms with Crippen molar-refractivity contribution in [1.82, 2.24) is 19.3 Å². The van der Waals surface area contributed by atoms with Gasteiger partial charge >= 0.3 is 0 Å². The number of nitriles is 1. The standard InChI is InChI=1S/C9H12BrN5O2S/c1-14-9(8(10)12-13-14)18(16,17)15-4-2-3-7(5-11)6-15/h7H,2-4,6H2,1H3. The molecule has 18 heavy (non-hydrogen) atoms. The Hall–Kier alpha value is -0.980. The van der Waals surface area contributed by atoms with Crippen LogP contribution in [0.15, 0.2) is 9.63 Å². The molecule has 9 heteroatoms. The lowest BCUT2D eigenvalue weighted by atomic mass is 10.0. The van der Waals surface area contributed by atoms with E-state index in [1.807, 2.05) is 0 Å². The van der Waals surface area contributed by atoms with E-state index in [9.17, 15) is 8.42 Å². The first-order valence-electron chi connectivity index (χ1n) is 5.41. The van der Waals surface area contributed by atoms with E-state index < -0.39 is 10.0 Å². The van der Waals surface area contributed by atoms with Crippen LogP contribution in [0, 0.1) is 17.2 Å². The van der Waals surface area contributed by atoms with Gasteiger partial charge < -0.3 is 0 Å². The fraction of sp³-hybridized carbons (Fsp3) is 0.667. The normalized spacial score (nSPS) is 21.7. The van der Waals surface area contributed by atoms with Gasteiger partial charge in [-0.3, -0.25) is 0 Å². The molecule has 0 amide bonds. The number of piperidine rings is 1. The SMILES string of the molecule is Cn1nnc(Br)c1S(=O)(=O)N1CCCC(C#N)C1. The van der Waals surface area contributed by atoms with Crippen LogP contribution in [0.5, 0.6) is 0 Å². The van der Waals surface area contributed by atoms with Crippen molar-refractivity contribution in [3.8, 4) is 6.07 Å². The number of hydrogen-bond acceptors (Lipinski definition) is 5. The van der Waals surface area contributed by atoms with Crippen LogP contribution in [0.25, 0.3) is 0 Å². The summed E-state index contributed by atoms with van der Waals surface area (Å²) < 4.78 is 27.6. The summed E-state index contributed by atoms with van der Waals surface area (Å²) in [5, 5.41) is 16.3. The zero-order valence-corrected chi connectivity index (χ0v) is 12.1. The Morgan fingerprint density at radius 3 is 2.83 bits per heavy atom. The number of hydrogen-bond donors (Lipinski definition) is 0. The molecule has 1 fully saturated rings. The van der Waals surface area contributed by atoms with Crippen LogP contribution in [0.1, 0.15) is 12.8 Å². The number of aryl methyl sites for hydroxylation is 1. The Kier molecular flexibility index (Phi) is 3.70. The maximum atomic E-state index is 12.4. The number of halogens is 1. The van der Waals surface area contributed by atoms with Gasteiger partial charge in [0.2, 0.25) is 5.03 Å². The van der Waals surface area contributed by atoms with E-state index in [0.717, 1.165) is 6.42 Å². The zero-order valence-electron chi connectivity index (χ0n) is 9.74. The molecule has 1 aromatic rings. The molecule has 1 aromatic heterocycles. The van der Waals surface area contributed by atoms with Crippen molar-refractivity contribution in [2.24, 2.45) is 13.0 Å². The minimum absolute atomic E-state index is 0.0288. The summed E-state index contributed by atoms with van der Waals surface area (Å²) in [6.45, 7) is 0.661. The molecule has 1 aliphatic rings. The Bertz CT molecular complexity index is 571. The predicted molar refractivity (Wildman–Crippen MR) is 65.8 cm³/mol. The highest BCUT2D eigenvalue weighted by Crippen LogP contribution is 2.26. The Morgan fingerprint density at radius 1 is 1.56 bits per heavy atom. The maximum absolute atomic E-state index is 12.4. The highest BCUT2D eigenvalue weighted by molar-refractivity contribution is 9.10. The molecular weight excluding hydrogens is 322 g/mol. The van der Waals surface area contributed by atoms with Crippen LogP contribution < -0.4 is 0 Å².